The average Bonchev–Trinajstić information content (AvgIpc) is 3.07. The molecule has 0 aromatic carbocycles. The lowest BCUT2D eigenvalue weighted by Crippen LogP contribution is -2.41. The molecule has 0 radical (unpaired) electrons. The smallest absolute Gasteiger partial charge is 0.191 e. The summed E-state index contributed by atoms with van der Waals surface area (Å²) in [5.41, 5.74) is 1.09. The Morgan fingerprint density at radius 1 is 1.35 bits per heavy atom. The number of halogens is 1. The van der Waals surface area contributed by atoms with Crippen LogP contribution in [-0.2, 0) is 6.42 Å². The first kappa shape index (κ1) is 20.4. The summed E-state index contributed by atoms with van der Waals surface area (Å²) >= 11 is 3.51. The van der Waals surface area contributed by atoms with E-state index in [9.17, 15) is 0 Å². The maximum absolute atomic E-state index is 4.62. The Labute approximate surface area is 163 Å². The summed E-state index contributed by atoms with van der Waals surface area (Å²) in [6.45, 7) is 10.0. The van der Waals surface area contributed by atoms with Crippen molar-refractivity contribution in [3.05, 3.63) is 27.4 Å². The number of thiophene rings is 1. The third-order valence-electron chi connectivity index (χ3n) is 2.93. The van der Waals surface area contributed by atoms with Gasteiger partial charge in [-0.3, -0.25) is 4.99 Å². The van der Waals surface area contributed by atoms with Crippen LogP contribution < -0.4 is 10.6 Å². The largest absolute Gasteiger partial charge is 0.357 e. The van der Waals surface area contributed by atoms with E-state index in [2.05, 4.69) is 58.9 Å². The zero-order chi connectivity index (χ0) is 15.9. The number of aryl methyl sites for hydroxylation is 1. The highest BCUT2D eigenvalue weighted by Crippen LogP contribution is 2.29. The fraction of sp³-hybridized carbons (Fsp3) is 0.500. The monoisotopic (exact) mass is 464 g/mol. The van der Waals surface area contributed by atoms with E-state index in [-0.39, 0.29) is 24.0 Å². The zero-order valence-electron chi connectivity index (χ0n) is 14.0. The average molecular weight is 464 g/mol. The topological polar surface area (TPSA) is 49.3 Å². The molecular weight excluding hydrogens is 439 g/mol. The first-order valence-corrected chi connectivity index (χ1v) is 9.34. The van der Waals surface area contributed by atoms with Gasteiger partial charge in [-0.15, -0.1) is 46.7 Å². The number of hydrogen-bond donors (Lipinski definition) is 2. The van der Waals surface area contributed by atoms with Gasteiger partial charge in [0.2, 0.25) is 0 Å². The van der Waals surface area contributed by atoms with Crippen molar-refractivity contribution < 1.29 is 0 Å². The van der Waals surface area contributed by atoms with E-state index >= 15 is 0 Å². The summed E-state index contributed by atoms with van der Waals surface area (Å²) in [6, 6.07) is 4.74. The third kappa shape index (κ3) is 6.76. The van der Waals surface area contributed by atoms with Gasteiger partial charge in [-0.1, -0.05) is 0 Å². The van der Waals surface area contributed by atoms with Gasteiger partial charge in [0, 0.05) is 35.8 Å². The molecule has 2 rings (SSSR count). The lowest BCUT2D eigenvalue weighted by atomic mass is 10.3. The molecule has 0 unspecified atom stereocenters. The van der Waals surface area contributed by atoms with Crippen LogP contribution in [0.2, 0.25) is 0 Å². The number of rotatable bonds is 6. The molecule has 0 aliphatic heterocycles. The number of aromatic nitrogens is 1. The van der Waals surface area contributed by atoms with Gasteiger partial charge in [-0.05, 0) is 39.8 Å². The van der Waals surface area contributed by atoms with Crippen LogP contribution in [0.3, 0.4) is 0 Å². The van der Waals surface area contributed by atoms with E-state index in [1.54, 1.807) is 11.3 Å². The highest BCUT2D eigenvalue weighted by atomic mass is 127. The highest BCUT2D eigenvalue weighted by molar-refractivity contribution is 14.0. The minimum Gasteiger partial charge on any atom is -0.357 e. The fourth-order valence-corrected chi connectivity index (χ4v) is 3.64. The number of hydrogen-bond acceptors (Lipinski definition) is 4. The molecule has 2 N–H and O–H groups in total. The predicted octanol–water partition coefficient (Wildman–Crippen LogP) is 4.30. The zero-order valence-corrected chi connectivity index (χ0v) is 18.0. The highest BCUT2D eigenvalue weighted by Gasteiger charge is 2.06. The molecule has 0 atom stereocenters. The molecular formula is C16H25IN4S2. The van der Waals surface area contributed by atoms with E-state index in [1.807, 2.05) is 18.3 Å². The molecule has 0 aliphatic carbocycles. The summed E-state index contributed by atoms with van der Waals surface area (Å²) in [4.78, 5) is 11.8. The number of thiazole rings is 1. The Bertz CT molecular complexity index is 619. The van der Waals surface area contributed by atoms with Crippen molar-refractivity contribution in [2.45, 2.75) is 40.2 Å². The Morgan fingerprint density at radius 3 is 2.74 bits per heavy atom. The van der Waals surface area contributed by atoms with Crippen LogP contribution in [0.25, 0.3) is 10.6 Å². The minimum absolute atomic E-state index is 0. The molecule has 0 fully saturated rings. The number of aliphatic imine (C=N–C) groups is 1. The van der Waals surface area contributed by atoms with E-state index in [1.165, 1.54) is 9.75 Å². The molecule has 0 bridgehead atoms. The molecule has 23 heavy (non-hydrogen) atoms. The standard InChI is InChI=1S/C16H24N4S2.HI/c1-5-17-16(19-11(2)3)18-9-8-13-6-7-15(22-13)14-10-21-12(4)20-14;/h6-7,10-11H,5,8-9H2,1-4H3,(H2,17,18,19);1H. The van der Waals surface area contributed by atoms with E-state index in [0.29, 0.717) is 6.04 Å². The Kier molecular flexibility index (Phi) is 9.08. The molecule has 7 heteroatoms. The van der Waals surface area contributed by atoms with Crippen LogP contribution in [0.15, 0.2) is 22.5 Å². The molecule has 2 aromatic heterocycles. The normalized spacial score (nSPS) is 11.4. The van der Waals surface area contributed by atoms with Gasteiger partial charge in [-0.25, -0.2) is 4.98 Å². The van der Waals surface area contributed by atoms with Crippen molar-refractivity contribution in [2.75, 3.05) is 13.1 Å². The maximum atomic E-state index is 4.62. The van der Waals surface area contributed by atoms with Crippen molar-refractivity contribution in [1.82, 2.24) is 15.6 Å². The second-order valence-corrected chi connectivity index (χ2v) is 7.56. The van der Waals surface area contributed by atoms with Gasteiger partial charge in [-0.2, -0.15) is 0 Å². The molecule has 0 amide bonds. The van der Waals surface area contributed by atoms with Crippen LogP contribution in [0, 0.1) is 6.92 Å². The fourth-order valence-electron chi connectivity index (χ4n) is 2.00. The molecule has 4 nitrogen and oxygen atoms in total. The van der Waals surface area contributed by atoms with Crippen molar-refractivity contribution in [2.24, 2.45) is 4.99 Å². The molecule has 0 saturated heterocycles. The molecule has 0 saturated carbocycles. The van der Waals surface area contributed by atoms with Crippen LogP contribution in [0.4, 0.5) is 0 Å². The second-order valence-electron chi connectivity index (χ2n) is 5.33. The Morgan fingerprint density at radius 2 is 2.13 bits per heavy atom. The Balaban J connectivity index is 0.00000264. The van der Waals surface area contributed by atoms with Gasteiger partial charge in [0.25, 0.3) is 0 Å². The summed E-state index contributed by atoms with van der Waals surface area (Å²) in [6.07, 6.45) is 0.961. The van der Waals surface area contributed by atoms with Gasteiger partial charge in [0.05, 0.1) is 15.6 Å². The van der Waals surface area contributed by atoms with Crippen molar-refractivity contribution in [3.8, 4) is 10.6 Å². The van der Waals surface area contributed by atoms with Gasteiger partial charge in [0.1, 0.15) is 0 Å². The Hall–Kier alpha value is -0.670. The van der Waals surface area contributed by atoms with Crippen molar-refractivity contribution >= 4 is 52.6 Å². The lowest BCUT2D eigenvalue weighted by Gasteiger charge is -2.13. The van der Waals surface area contributed by atoms with Gasteiger partial charge < -0.3 is 10.6 Å². The maximum Gasteiger partial charge on any atom is 0.191 e. The minimum atomic E-state index is 0. The molecule has 0 spiro atoms. The van der Waals surface area contributed by atoms with Crippen LogP contribution in [0.5, 0.6) is 0 Å². The number of nitrogens with zero attached hydrogens (tertiary/aromatic N) is 2. The molecule has 128 valence electrons. The SMILES string of the molecule is CCNC(=NCCc1ccc(-c2csc(C)n2)s1)NC(C)C.I. The summed E-state index contributed by atoms with van der Waals surface area (Å²) in [5, 5.41) is 9.84. The third-order valence-corrected chi connectivity index (χ3v) is 4.87. The van der Waals surface area contributed by atoms with Crippen LogP contribution >= 0.6 is 46.7 Å². The summed E-state index contributed by atoms with van der Waals surface area (Å²) < 4.78 is 0. The number of guanidine groups is 1. The molecule has 2 heterocycles. The van der Waals surface area contributed by atoms with E-state index in [4.69, 9.17) is 0 Å². The van der Waals surface area contributed by atoms with Crippen LogP contribution in [-0.4, -0.2) is 30.1 Å². The van der Waals surface area contributed by atoms with Crippen molar-refractivity contribution in [3.63, 3.8) is 0 Å². The molecule has 0 aliphatic rings. The van der Waals surface area contributed by atoms with Crippen LogP contribution in [0.1, 0.15) is 30.7 Å². The van der Waals surface area contributed by atoms with E-state index in [0.717, 1.165) is 36.2 Å². The second kappa shape index (κ2) is 10.2. The quantitative estimate of drug-likeness (QED) is 0.381. The van der Waals surface area contributed by atoms with E-state index < -0.39 is 0 Å². The molecule has 2 aromatic rings. The van der Waals surface area contributed by atoms with Crippen molar-refractivity contribution in [1.29, 1.82) is 0 Å². The van der Waals surface area contributed by atoms with Gasteiger partial charge >= 0.3 is 0 Å². The predicted molar refractivity (Wildman–Crippen MR) is 114 cm³/mol. The summed E-state index contributed by atoms with van der Waals surface area (Å²) in [5.74, 6) is 0.893. The summed E-state index contributed by atoms with van der Waals surface area (Å²) in [7, 11) is 0. The first-order chi connectivity index (χ1) is 10.6. The first-order valence-electron chi connectivity index (χ1n) is 7.64. The van der Waals surface area contributed by atoms with Gasteiger partial charge in [0.15, 0.2) is 5.96 Å². The lowest BCUT2D eigenvalue weighted by molar-refractivity contribution is 0.700. The number of nitrogens with one attached hydrogen (secondary N) is 2.